The van der Waals surface area contributed by atoms with Crippen LogP contribution in [0, 0.1) is 0 Å². The first-order valence-corrected chi connectivity index (χ1v) is 7.87. The molecule has 3 N–H and O–H groups in total. The fraction of sp³-hybridized carbons (Fsp3) is 0.636. The second-order valence-electron chi connectivity index (χ2n) is 4.17. The Balaban J connectivity index is 1.89. The number of aromatic nitrogens is 1. The quantitative estimate of drug-likeness (QED) is 0.873. The topological polar surface area (TPSA) is 68.0 Å². The molecule has 94 valence electrons. The summed E-state index contributed by atoms with van der Waals surface area (Å²) in [5.41, 5.74) is 5.98. The molecule has 0 aromatic carbocycles. The zero-order valence-corrected chi connectivity index (χ0v) is 11.4. The first-order valence-electron chi connectivity index (χ1n) is 5.71. The van der Waals surface area contributed by atoms with E-state index in [2.05, 4.69) is 16.6 Å². The fourth-order valence-corrected chi connectivity index (χ4v) is 3.50. The van der Waals surface area contributed by atoms with Crippen LogP contribution in [0.25, 0.3) is 0 Å². The molecule has 0 saturated heterocycles. The summed E-state index contributed by atoms with van der Waals surface area (Å²) in [6, 6.07) is 0.308. The number of nitrogens with two attached hydrogens (primary N) is 1. The summed E-state index contributed by atoms with van der Waals surface area (Å²) >= 11 is 3.33. The van der Waals surface area contributed by atoms with Gasteiger partial charge in [0.05, 0.1) is 0 Å². The molecule has 2 atom stereocenters. The molecule has 4 nitrogen and oxygen atoms in total. The smallest absolute Gasteiger partial charge is 0.270 e. The van der Waals surface area contributed by atoms with Crippen molar-refractivity contribution in [2.24, 2.45) is 5.73 Å². The third-order valence-corrected chi connectivity index (χ3v) is 4.98. The van der Waals surface area contributed by atoms with Gasteiger partial charge in [0.15, 0.2) is 0 Å². The molecular weight excluding hydrogens is 254 g/mol. The Hall–Kier alpha value is -0.590. The standard InChI is InChI=1S/C11H17N3OS2/c1-16-8-3-2-7(4-8)13-11(15)9-6-17-10(5-12)14-9/h6-8H,2-5,12H2,1H3,(H,13,15). The van der Waals surface area contributed by atoms with Gasteiger partial charge in [-0.3, -0.25) is 4.79 Å². The van der Waals surface area contributed by atoms with Crippen molar-refractivity contribution in [3.63, 3.8) is 0 Å². The lowest BCUT2D eigenvalue weighted by Gasteiger charge is -2.11. The number of hydrogen-bond acceptors (Lipinski definition) is 5. The molecule has 0 bridgehead atoms. The number of nitrogens with zero attached hydrogens (tertiary/aromatic N) is 1. The predicted molar refractivity (Wildman–Crippen MR) is 72.4 cm³/mol. The minimum Gasteiger partial charge on any atom is -0.348 e. The highest BCUT2D eigenvalue weighted by Gasteiger charge is 2.25. The van der Waals surface area contributed by atoms with Crippen molar-refractivity contribution in [2.75, 3.05) is 6.26 Å². The van der Waals surface area contributed by atoms with Crippen molar-refractivity contribution in [2.45, 2.75) is 37.1 Å². The molecule has 17 heavy (non-hydrogen) atoms. The van der Waals surface area contributed by atoms with E-state index >= 15 is 0 Å². The summed E-state index contributed by atoms with van der Waals surface area (Å²) in [7, 11) is 0. The van der Waals surface area contributed by atoms with E-state index in [0.717, 1.165) is 17.8 Å². The lowest BCUT2D eigenvalue weighted by Crippen LogP contribution is -2.33. The number of amides is 1. The fourth-order valence-electron chi connectivity index (χ4n) is 2.05. The molecule has 0 spiro atoms. The zero-order chi connectivity index (χ0) is 12.3. The number of carbonyl (C=O) groups excluding carboxylic acids is 1. The number of nitrogens with one attached hydrogen (secondary N) is 1. The Kier molecular flexibility index (Phi) is 4.42. The average Bonchev–Trinajstić information content (AvgIpc) is 2.96. The molecule has 1 aromatic heterocycles. The molecule has 2 rings (SSSR count). The number of rotatable bonds is 4. The Morgan fingerprint density at radius 1 is 1.71 bits per heavy atom. The van der Waals surface area contributed by atoms with Crippen molar-refractivity contribution in [3.05, 3.63) is 16.1 Å². The molecule has 1 fully saturated rings. The third-order valence-electron chi connectivity index (χ3n) is 3.01. The van der Waals surface area contributed by atoms with Crippen molar-refractivity contribution >= 4 is 29.0 Å². The van der Waals surface area contributed by atoms with Gasteiger partial charge in [-0.15, -0.1) is 11.3 Å². The molecule has 1 aromatic rings. The van der Waals surface area contributed by atoms with Crippen LogP contribution in [-0.2, 0) is 6.54 Å². The highest BCUT2D eigenvalue weighted by molar-refractivity contribution is 7.99. The van der Waals surface area contributed by atoms with Crippen LogP contribution in [0.15, 0.2) is 5.38 Å². The first-order chi connectivity index (χ1) is 8.22. The molecule has 1 heterocycles. The van der Waals surface area contributed by atoms with E-state index in [1.807, 2.05) is 11.8 Å². The highest BCUT2D eigenvalue weighted by Crippen LogP contribution is 2.28. The van der Waals surface area contributed by atoms with Crippen molar-refractivity contribution in [1.82, 2.24) is 10.3 Å². The van der Waals surface area contributed by atoms with E-state index in [0.29, 0.717) is 23.5 Å². The molecule has 0 radical (unpaired) electrons. The van der Waals surface area contributed by atoms with E-state index in [1.165, 1.54) is 17.8 Å². The molecule has 6 heteroatoms. The lowest BCUT2D eigenvalue weighted by atomic mass is 10.2. The Bertz CT molecular complexity index is 394. The summed E-state index contributed by atoms with van der Waals surface area (Å²) in [5.74, 6) is -0.0623. The Morgan fingerprint density at radius 3 is 3.12 bits per heavy atom. The summed E-state index contributed by atoms with van der Waals surface area (Å²) < 4.78 is 0. The molecule has 1 aliphatic carbocycles. The minimum atomic E-state index is -0.0623. The van der Waals surface area contributed by atoms with Crippen molar-refractivity contribution in [3.8, 4) is 0 Å². The molecule has 1 saturated carbocycles. The Morgan fingerprint density at radius 2 is 2.53 bits per heavy atom. The van der Waals surface area contributed by atoms with Gasteiger partial charge in [-0.25, -0.2) is 4.98 Å². The average molecular weight is 271 g/mol. The van der Waals surface area contributed by atoms with Gasteiger partial charge in [-0.1, -0.05) is 0 Å². The largest absolute Gasteiger partial charge is 0.348 e. The van der Waals surface area contributed by atoms with E-state index < -0.39 is 0 Å². The first kappa shape index (κ1) is 12.9. The zero-order valence-electron chi connectivity index (χ0n) is 9.81. The highest BCUT2D eigenvalue weighted by atomic mass is 32.2. The second kappa shape index (κ2) is 5.84. The van der Waals surface area contributed by atoms with Gasteiger partial charge < -0.3 is 11.1 Å². The number of thiazole rings is 1. The van der Waals surface area contributed by atoms with Crippen LogP contribution < -0.4 is 11.1 Å². The van der Waals surface area contributed by atoms with Crippen LogP contribution >= 0.6 is 23.1 Å². The molecule has 1 amide bonds. The SMILES string of the molecule is CSC1CCC(NC(=O)c2csc(CN)n2)C1. The van der Waals surface area contributed by atoms with Gasteiger partial charge in [0.1, 0.15) is 10.7 Å². The molecule has 0 aliphatic heterocycles. The number of hydrogen-bond donors (Lipinski definition) is 2. The molecule has 1 aliphatic rings. The van der Waals surface area contributed by atoms with Crippen LogP contribution in [-0.4, -0.2) is 28.4 Å². The van der Waals surface area contributed by atoms with Crippen LogP contribution in [0.5, 0.6) is 0 Å². The number of carbonyl (C=O) groups is 1. The van der Waals surface area contributed by atoms with Crippen LogP contribution in [0.4, 0.5) is 0 Å². The van der Waals surface area contributed by atoms with Gasteiger partial charge in [0, 0.05) is 23.2 Å². The summed E-state index contributed by atoms with van der Waals surface area (Å²) in [4.78, 5) is 16.1. The maximum absolute atomic E-state index is 11.9. The monoisotopic (exact) mass is 271 g/mol. The maximum atomic E-state index is 11.9. The summed E-state index contributed by atoms with van der Waals surface area (Å²) in [6.07, 6.45) is 5.46. The summed E-state index contributed by atoms with van der Waals surface area (Å²) in [5, 5.41) is 6.32. The predicted octanol–water partition coefficient (Wildman–Crippen LogP) is 1.62. The lowest BCUT2D eigenvalue weighted by molar-refractivity contribution is 0.0933. The van der Waals surface area contributed by atoms with Crippen LogP contribution in [0.2, 0.25) is 0 Å². The third kappa shape index (κ3) is 3.20. The van der Waals surface area contributed by atoms with E-state index in [-0.39, 0.29) is 5.91 Å². The van der Waals surface area contributed by atoms with Crippen LogP contribution in [0.1, 0.15) is 34.8 Å². The minimum absolute atomic E-state index is 0.0623. The van der Waals surface area contributed by atoms with Gasteiger partial charge in [0.2, 0.25) is 0 Å². The normalized spacial score (nSPS) is 23.9. The van der Waals surface area contributed by atoms with E-state index in [4.69, 9.17) is 5.73 Å². The summed E-state index contributed by atoms with van der Waals surface area (Å²) in [6.45, 7) is 0.399. The Labute approximate surface area is 109 Å². The van der Waals surface area contributed by atoms with Crippen LogP contribution in [0.3, 0.4) is 0 Å². The van der Waals surface area contributed by atoms with Gasteiger partial charge >= 0.3 is 0 Å². The van der Waals surface area contributed by atoms with E-state index in [9.17, 15) is 4.79 Å². The number of thioether (sulfide) groups is 1. The van der Waals surface area contributed by atoms with Crippen molar-refractivity contribution in [1.29, 1.82) is 0 Å². The van der Waals surface area contributed by atoms with Crippen molar-refractivity contribution < 1.29 is 4.79 Å². The maximum Gasteiger partial charge on any atom is 0.270 e. The van der Waals surface area contributed by atoms with Gasteiger partial charge in [0.25, 0.3) is 5.91 Å². The molecular formula is C11H17N3OS2. The second-order valence-corrected chi connectivity index (χ2v) is 6.25. The van der Waals surface area contributed by atoms with E-state index in [1.54, 1.807) is 5.38 Å². The van der Waals surface area contributed by atoms with Gasteiger partial charge in [-0.05, 0) is 25.5 Å². The van der Waals surface area contributed by atoms with Gasteiger partial charge in [-0.2, -0.15) is 11.8 Å². The molecule has 2 unspecified atom stereocenters.